The van der Waals surface area contributed by atoms with Gasteiger partial charge in [0.15, 0.2) is 11.4 Å². The molecule has 1 saturated heterocycles. The molecule has 0 saturated carbocycles. The third-order valence-electron chi connectivity index (χ3n) is 6.01. The van der Waals surface area contributed by atoms with E-state index in [4.69, 9.17) is 4.74 Å². The van der Waals surface area contributed by atoms with Crippen molar-refractivity contribution in [1.29, 1.82) is 0 Å². The van der Waals surface area contributed by atoms with Crippen LogP contribution in [-0.2, 0) is 11.3 Å². The van der Waals surface area contributed by atoms with Crippen LogP contribution >= 0.6 is 0 Å². The van der Waals surface area contributed by atoms with Gasteiger partial charge in [-0.15, -0.1) is 0 Å². The number of ether oxygens (including phenoxy) is 1. The number of rotatable bonds is 5. The van der Waals surface area contributed by atoms with Crippen molar-refractivity contribution in [3.63, 3.8) is 0 Å². The molecule has 0 radical (unpaired) electrons. The largest absolute Gasteiger partial charge is 0.503 e. The second kappa shape index (κ2) is 9.09. The molecule has 0 bridgehead atoms. The molecule has 2 aliphatic rings. The van der Waals surface area contributed by atoms with E-state index < -0.39 is 83.0 Å². The zero-order chi connectivity index (χ0) is 24.7. The molecule has 2 atom stereocenters. The van der Waals surface area contributed by atoms with Crippen molar-refractivity contribution in [3.8, 4) is 5.75 Å². The predicted octanol–water partition coefficient (Wildman–Crippen LogP) is 2.12. The number of alkyl halides is 2. The summed E-state index contributed by atoms with van der Waals surface area (Å²) < 4.78 is 61.0. The van der Waals surface area contributed by atoms with Crippen LogP contribution in [0.15, 0.2) is 23.1 Å². The van der Waals surface area contributed by atoms with E-state index in [1.165, 1.54) is 11.5 Å². The molecule has 1 fully saturated rings. The average Bonchev–Trinajstić information content (AvgIpc) is 2.77. The summed E-state index contributed by atoms with van der Waals surface area (Å²) in [7, 11) is 0. The second-order valence-electron chi connectivity index (χ2n) is 8.21. The van der Waals surface area contributed by atoms with E-state index in [1.807, 2.05) is 0 Å². The summed E-state index contributed by atoms with van der Waals surface area (Å²) in [5, 5.41) is 12.7. The van der Waals surface area contributed by atoms with Gasteiger partial charge in [-0.3, -0.25) is 14.4 Å². The Morgan fingerprint density at radius 2 is 1.91 bits per heavy atom. The molecule has 0 aliphatic carbocycles. The number of aromatic hydroxyl groups is 1. The highest BCUT2D eigenvalue weighted by atomic mass is 19.3. The Morgan fingerprint density at radius 1 is 1.24 bits per heavy atom. The molecule has 2 aliphatic heterocycles. The summed E-state index contributed by atoms with van der Waals surface area (Å²) in [6.07, 6.45) is -1.51. The van der Waals surface area contributed by atoms with Crippen LogP contribution in [0.1, 0.15) is 44.4 Å². The maximum Gasteiger partial charge on any atom is 0.275 e. The van der Waals surface area contributed by atoms with Crippen molar-refractivity contribution in [2.24, 2.45) is 0 Å². The van der Waals surface area contributed by atoms with E-state index in [9.17, 15) is 37.1 Å². The molecule has 0 unspecified atom stereocenters. The molecule has 182 valence electrons. The van der Waals surface area contributed by atoms with Crippen LogP contribution in [0.3, 0.4) is 0 Å². The van der Waals surface area contributed by atoms with Crippen LogP contribution < -0.4 is 10.7 Å². The van der Waals surface area contributed by atoms with E-state index in [1.54, 1.807) is 0 Å². The van der Waals surface area contributed by atoms with E-state index >= 15 is 0 Å². The van der Waals surface area contributed by atoms with Crippen LogP contribution in [0.25, 0.3) is 0 Å². The minimum absolute atomic E-state index is 0.0387. The number of carbonyl (C=O) groups excluding carboxylic acids is 2. The topological polar surface area (TPSA) is 101 Å². The lowest BCUT2D eigenvalue weighted by Crippen LogP contribution is -2.56. The molecule has 8 nitrogen and oxygen atoms in total. The van der Waals surface area contributed by atoms with Crippen LogP contribution in [0.5, 0.6) is 5.75 Å². The highest BCUT2D eigenvalue weighted by Gasteiger charge is 2.44. The van der Waals surface area contributed by atoms with E-state index in [0.29, 0.717) is 5.56 Å². The molecule has 2 N–H and O–H groups in total. The number of halogens is 4. The van der Waals surface area contributed by atoms with Gasteiger partial charge in [0, 0.05) is 24.9 Å². The van der Waals surface area contributed by atoms with Crippen LogP contribution in [0.2, 0.25) is 0 Å². The van der Waals surface area contributed by atoms with Crippen molar-refractivity contribution in [3.05, 3.63) is 62.6 Å². The Bertz CT molecular complexity index is 1190. The standard InChI is InChI=1S/C22H21F4N3O5/c1-10-4-13(23)11(14(24)5-10)6-27-21(32)12-7-28-15-2-3-34-9-16(15)29(8-17(25)26)22(33)18(28)20(31)19(12)30/h4-5,7,15-17,31H,2-3,6,8-9H2,1H3,(H,27,32)/t15-,16+/m0/s1. The maximum atomic E-state index is 14.1. The van der Waals surface area contributed by atoms with Crippen molar-refractivity contribution >= 4 is 11.8 Å². The van der Waals surface area contributed by atoms with Gasteiger partial charge in [-0.1, -0.05) is 0 Å². The number of aryl methyl sites for hydroxylation is 1. The summed E-state index contributed by atoms with van der Waals surface area (Å²) in [5.74, 6) is -4.83. The van der Waals surface area contributed by atoms with Crippen LogP contribution in [0.4, 0.5) is 17.6 Å². The number of benzene rings is 1. The van der Waals surface area contributed by atoms with Crippen LogP contribution in [-0.4, -0.2) is 58.6 Å². The highest BCUT2D eigenvalue weighted by Crippen LogP contribution is 2.35. The summed E-state index contributed by atoms with van der Waals surface area (Å²) in [5.41, 5.74) is -2.33. The Labute approximate surface area is 190 Å². The lowest BCUT2D eigenvalue weighted by molar-refractivity contribution is -0.0339. The van der Waals surface area contributed by atoms with Gasteiger partial charge < -0.3 is 24.6 Å². The van der Waals surface area contributed by atoms with Crippen molar-refractivity contribution in [1.82, 2.24) is 14.8 Å². The Balaban J connectivity index is 1.69. The monoisotopic (exact) mass is 483 g/mol. The number of nitrogens with one attached hydrogen (secondary N) is 1. The van der Waals surface area contributed by atoms with E-state index in [2.05, 4.69) is 5.32 Å². The fourth-order valence-electron chi connectivity index (χ4n) is 4.40. The number of hydrogen-bond acceptors (Lipinski definition) is 5. The van der Waals surface area contributed by atoms with Gasteiger partial charge in [0.05, 0.1) is 25.2 Å². The highest BCUT2D eigenvalue weighted by molar-refractivity contribution is 5.99. The maximum absolute atomic E-state index is 14.1. The zero-order valence-corrected chi connectivity index (χ0v) is 18.0. The number of carbonyl (C=O) groups is 2. The smallest absolute Gasteiger partial charge is 0.275 e. The first-order chi connectivity index (χ1) is 16.1. The SMILES string of the molecule is Cc1cc(F)c(CNC(=O)c2cn3c(c(O)c2=O)C(=O)N(CC(F)F)[C@@H]2COCC[C@@H]23)c(F)c1. The van der Waals surface area contributed by atoms with Gasteiger partial charge in [0.2, 0.25) is 5.43 Å². The Hall–Kier alpha value is -3.41. The minimum atomic E-state index is -2.85. The zero-order valence-electron chi connectivity index (χ0n) is 18.0. The molecule has 2 amide bonds. The molecular weight excluding hydrogens is 462 g/mol. The fourth-order valence-corrected chi connectivity index (χ4v) is 4.40. The molecule has 4 rings (SSSR count). The van der Waals surface area contributed by atoms with Gasteiger partial charge in [-0.25, -0.2) is 17.6 Å². The van der Waals surface area contributed by atoms with Crippen LogP contribution in [0, 0.1) is 18.6 Å². The van der Waals surface area contributed by atoms with Gasteiger partial charge in [-0.2, -0.15) is 0 Å². The average molecular weight is 483 g/mol. The van der Waals surface area contributed by atoms with Gasteiger partial charge >= 0.3 is 0 Å². The number of nitrogens with zero attached hydrogens (tertiary/aromatic N) is 2. The second-order valence-corrected chi connectivity index (χ2v) is 8.21. The van der Waals surface area contributed by atoms with E-state index in [0.717, 1.165) is 23.2 Å². The lowest BCUT2D eigenvalue weighted by atomic mass is 9.95. The first-order valence-corrected chi connectivity index (χ1v) is 10.5. The molecule has 34 heavy (non-hydrogen) atoms. The number of fused-ring (bicyclic) bond motifs is 3. The minimum Gasteiger partial charge on any atom is -0.503 e. The predicted molar refractivity (Wildman–Crippen MR) is 110 cm³/mol. The first kappa shape index (κ1) is 23.7. The fraction of sp³-hybridized carbons (Fsp3) is 0.409. The summed E-state index contributed by atoms with van der Waals surface area (Å²) in [6.45, 7) is 0.214. The number of hydrogen-bond donors (Lipinski definition) is 2. The first-order valence-electron chi connectivity index (χ1n) is 10.5. The normalized spacial score (nSPS) is 19.7. The molecule has 2 aromatic rings. The summed E-state index contributed by atoms with van der Waals surface area (Å²) >= 11 is 0. The number of pyridine rings is 1. The van der Waals surface area contributed by atoms with Gasteiger partial charge in [-0.05, 0) is 31.0 Å². The molecule has 1 aromatic heterocycles. The van der Waals surface area contributed by atoms with Crippen molar-refractivity contribution < 1.29 is 37.0 Å². The third kappa shape index (κ3) is 4.13. The molecule has 1 aromatic carbocycles. The lowest BCUT2D eigenvalue weighted by Gasteiger charge is -2.45. The molecular formula is C22H21F4N3O5. The van der Waals surface area contributed by atoms with Crippen molar-refractivity contribution in [2.45, 2.75) is 38.4 Å². The van der Waals surface area contributed by atoms with Gasteiger partial charge in [0.1, 0.15) is 17.2 Å². The third-order valence-corrected chi connectivity index (χ3v) is 6.01. The quantitative estimate of drug-likeness (QED) is 0.635. The van der Waals surface area contributed by atoms with Crippen molar-refractivity contribution in [2.75, 3.05) is 19.8 Å². The molecule has 3 heterocycles. The summed E-state index contributed by atoms with van der Waals surface area (Å²) in [4.78, 5) is 39.2. The summed E-state index contributed by atoms with van der Waals surface area (Å²) in [6, 6.07) is 0.750. The molecule has 12 heteroatoms. The number of aromatic nitrogens is 1. The molecule has 0 spiro atoms. The van der Waals surface area contributed by atoms with E-state index in [-0.39, 0.29) is 19.6 Å². The van der Waals surface area contributed by atoms with Gasteiger partial charge in [0.25, 0.3) is 18.2 Å². The number of amides is 2. The Morgan fingerprint density at radius 3 is 2.56 bits per heavy atom. The Kier molecular flexibility index (Phi) is 6.34.